The normalized spacial score (nSPS) is 10.2. The lowest BCUT2D eigenvalue weighted by Gasteiger charge is -2.09. The Bertz CT molecular complexity index is 900. The maximum Gasteiger partial charge on any atom is 0.254 e. The first-order valence-corrected chi connectivity index (χ1v) is 8.54. The highest BCUT2D eigenvalue weighted by Crippen LogP contribution is 2.16. The van der Waals surface area contributed by atoms with E-state index in [9.17, 15) is 9.18 Å². The number of methoxy groups -OCH3 is 1. The average molecular weight is 382 g/mol. The molecule has 0 saturated carbocycles. The van der Waals surface area contributed by atoms with Gasteiger partial charge in [0, 0.05) is 18.1 Å². The Labute approximate surface area is 161 Å². The van der Waals surface area contributed by atoms with E-state index in [1.807, 2.05) is 0 Å². The van der Waals surface area contributed by atoms with Crippen molar-refractivity contribution >= 4 is 17.5 Å². The number of aromatic nitrogens is 2. The first kappa shape index (κ1) is 19.1. The Morgan fingerprint density at radius 3 is 2.29 bits per heavy atom. The summed E-state index contributed by atoms with van der Waals surface area (Å²) in [6.07, 6.45) is 2.83. The summed E-state index contributed by atoms with van der Waals surface area (Å²) >= 11 is 0. The third kappa shape index (κ3) is 5.41. The van der Waals surface area contributed by atoms with Gasteiger partial charge in [0.25, 0.3) is 5.91 Å². The van der Waals surface area contributed by atoms with Crippen LogP contribution in [0.3, 0.4) is 0 Å². The largest absolute Gasteiger partial charge is 0.497 e. The van der Waals surface area contributed by atoms with Gasteiger partial charge >= 0.3 is 0 Å². The van der Waals surface area contributed by atoms with E-state index in [-0.39, 0.29) is 11.7 Å². The van der Waals surface area contributed by atoms with Crippen LogP contribution in [0.2, 0.25) is 0 Å². The Kier molecular flexibility index (Phi) is 6.35. The summed E-state index contributed by atoms with van der Waals surface area (Å²) in [5, 5.41) is 5.66. The van der Waals surface area contributed by atoms with Crippen LogP contribution in [-0.2, 0) is 0 Å². The van der Waals surface area contributed by atoms with Gasteiger partial charge in [-0.15, -0.1) is 0 Å². The van der Waals surface area contributed by atoms with Gasteiger partial charge in [-0.05, 0) is 48.5 Å². The van der Waals surface area contributed by atoms with Crippen LogP contribution >= 0.6 is 0 Å². The Morgan fingerprint density at radius 2 is 1.64 bits per heavy atom. The molecular formula is C20H19FN4O3. The standard InChI is InChI=1S/C20H19FN4O3/c1-27-17-6-8-18(9-7-17)28-11-10-22-19(26)14-12-23-20(24-13-14)25-16-4-2-15(21)3-5-16/h2-9,12-13H,10-11H2,1H3,(H,22,26)(H,23,24,25). The third-order valence-corrected chi connectivity index (χ3v) is 3.73. The minimum Gasteiger partial charge on any atom is -0.497 e. The molecule has 0 aliphatic carbocycles. The van der Waals surface area contributed by atoms with Crippen molar-refractivity contribution < 1.29 is 18.7 Å². The molecule has 2 N–H and O–H groups in total. The molecule has 0 aliphatic rings. The van der Waals surface area contributed by atoms with Crippen molar-refractivity contribution in [2.75, 3.05) is 25.6 Å². The van der Waals surface area contributed by atoms with E-state index in [0.29, 0.717) is 36.1 Å². The van der Waals surface area contributed by atoms with E-state index in [1.165, 1.54) is 24.5 Å². The highest BCUT2D eigenvalue weighted by atomic mass is 19.1. The summed E-state index contributed by atoms with van der Waals surface area (Å²) in [5.41, 5.74) is 0.975. The topological polar surface area (TPSA) is 85.4 Å². The second-order valence-electron chi connectivity index (χ2n) is 5.71. The number of hydrogen-bond donors (Lipinski definition) is 2. The zero-order chi connectivity index (χ0) is 19.8. The Morgan fingerprint density at radius 1 is 1.00 bits per heavy atom. The lowest BCUT2D eigenvalue weighted by Crippen LogP contribution is -2.28. The number of benzene rings is 2. The Balaban J connectivity index is 1.44. The molecule has 0 radical (unpaired) electrons. The summed E-state index contributed by atoms with van der Waals surface area (Å²) < 4.78 is 23.5. The number of anilines is 2. The van der Waals surface area contributed by atoms with Gasteiger partial charge in [0.05, 0.1) is 19.2 Å². The number of ether oxygens (including phenoxy) is 2. The molecule has 1 aromatic heterocycles. The van der Waals surface area contributed by atoms with Crippen LogP contribution < -0.4 is 20.1 Å². The van der Waals surface area contributed by atoms with Crippen molar-refractivity contribution in [2.45, 2.75) is 0 Å². The van der Waals surface area contributed by atoms with Crippen LogP contribution in [0.5, 0.6) is 11.5 Å². The van der Waals surface area contributed by atoms with Gasteiger partial charge in [-0.25, -0.2) is 14.4 Å². The number of carbonyl (C=O) groups is 1. The number of hydrogen-bond acceptors (Lipinski definition) is 6. The summed E-state index contributed by atoms with van der Waals surface area (Å²) in [4.78, 5) is 20.3. The second kappa shape index (κ2) is 9.31. The minimum atomic E-state index is -0.325. The first-order chi connectivity index (χ1) is 13.6. The van der Waals surface area contributed by atoms with Crippen LogP contribution in [0, 0.1) is 5.82 Å². The van der Waals surface area contributed by atoms with E-state index in [0.717, 1.165) is 5.75 Å². The van der Waals surface area contributed by atoms with Crippen molar-refractivity contribution in [3.8, 4) is 11.5 Å². The van der Waals surface area contributed by atoms with Gasteiger partial charge in [-0.1, -0.05) is 0 Å². The third-order valence-electron chi connectivity index (χ3n) is 3.73. The van der Waals surface area contributed by atoms with Crippen LogP contribution in [0.15, 0.2) is 60.9 Å². The monoisotopic (exact) mass is 382 g/mol. The quantitative estimate of drug-likeness (QED) is 0.582. The molecule has 3 rings (SSSR count). The molecule has 144 valence electrons. The lowest BCUT2D eigenvalue weighted by molar-refractivity contribution is 0.0946. The van der Waals surface area contributed by atoms with E-state index < -0.39 is 0 Å². The maximum atomic E-state index is 12.9. The molecule has 7 nitrogen and oxygen atoms in total. The van der Waals surface area contributed by atoms with Gasteiger partial charge in [-0.2, -0.15) is 0 Å². The van der Waals surface area contributed by atoms with Crippen molar-refractivity contribution in [2.24, 2.45) is 0 Å². The smallest absolute Gasteiger partial charge is 0.254 e. The summed E-state index contributed by atoms with van der Waals surface area (Å²) in [6.45, 7) is 0.656. The molecule has 1 heterocycles. The molecule has 0 saturated heterocycles. The fourth-order valence-electron chi connectivity index (χ4n) is 2.28. The Hall–Kier alpha value is -3.68. The van der Waals surface area contributed by atoms with Gasteiger partial charge in [0.1, 0.15) is 23.9 Å². The minimum absolute atomic E-state index is 0.299. The van der Waals surface area contributed by atoms with Gasteiger partial charge < -0.3 is 20.1 Å². The summed E-state index contributed by atoms with van der Waals surface area (Å²) in [5.74, 6) is 1.12. The number of halogens is 1. The number of rotatable bonds is 8. The second-order valence-corrected chi connectivity index (χ2v) is 5.71. The predicted octanol–water partition coefficient (Wildman–Crippen LogP) is 3.18. The average Bonchev–Trinajstić information content (AvgIpc) is 2.73. The first-order valence-electron chi connectivity index (χ1n) is 8.54. The lowest BCUT2D eigenvalue weighted by atomic mass is 10.3. The van der Waals surface area contributed by atoms with E-state index in [1.54, 1.807) is 43.5 Å². The highest BCUT2D eigenvalue weighted by molar-refractivity contribution is 5.93. The molecule has 1 amide bonds. The SMILES string of the molecule is COc1ccc(OCCNC(=O)c2cnc(Nc3ccc(F)cc3)nc2)cc1. The summed E-state index contributed by atoms with van der Waals surface area (Å²) in [7, 11) is 1.60. The van der Waals surface area contributed by atoms with E-state index in [4.69, 9.17) is 9.47 Å². The molecular weight excluding hydrogens is 363 g/mol. The number of amides is 1. The molecule has 2 aromatic carbocycles. The molecule has 0 bridgehead atoms. The van der Waals surface area contributed by atoms with Gasteiger partial charge in [0.15, 0.2) is 0 Å². The van der Waals surface area contributed by atoms with E-state index in [2.05, 4.69) is 20.6 Å². The fourth-order valence-corrected chi connectivity index (χ4v) is 2.28. The summed E-state index contributed by atoms with van der Waals surface area (Å²) in [6, 6.07) is 13.0. The molecule has 0 atom stereocenters. The maximum absolute atomic E-state index is 12.9. The predicted molar refractivity (Wildman–Crippen MR) is 103 cm³/mol. The van der Waals surface area contributed by atoms with Crippen molar-refractivity contribution in [1.29, 1.82) is 0 Å². The highest BCUT2D eigenvalue weighted by Gasteiger charge is 2.07. The number of carbonyl (C=O) groups excluding carboxylic acids is 1. The van der Waals surface area contributed by atoms with Gasteiger partial charge in [0.2, 0.25) is 5.95 Å². The molecule has 0 unspecified atom stereocenters. The van der Waals surface area contributed by atoms with Crippen molar-refractivity contribution in [1.82, 2.24) is 15.3 Å². The number of nitrogens with zero attached hydrogens (tertiary/aromatic N) is 2. The zero-order valence-electron chi connectivity index (χ0n) is 15.2. The van der Waals surface area contributed by atoms with Crippen molar-refractivity contribution in [3.05, 3.63) is 72.3 Å². The molecule has 0 spiro atoms. The van der Waals surface area contributed by atoms with Crippen LogP contribution in [0.25, 0.3) is 0 Å². The molecule has 0 aliphatic heterocycles. The molecule has 8 heteroatoms. The zero-order valence-corrected chi connectivity index (χ0v) is 15.2. The van der Waals surface area contributed by atoms with Crippen molar-refractivity contribution in [3.63, 3.8) is 0 Å². The van der Waals surface area contributed by atoms with Crippen LogP contribution in [0.1, 0.15) is 10.4 Å². The number of nitrogens with one attached hydrogen (secondary N) is 2. The van der Waals surface area contributed by atoms with Crippen LogP contribution in [0.4, 0.5) is 16.0 Å². The molecule has 3 aromatic rings. The molecule has 28 heavy (non-hydrogen) atoms. The van der Waals surface area contributed by atoms with Crippen LogP contribution in [-0.4, -0.2) is 36.1 Å². The fraction of sp³-hybridized carbons (Fsp3) is 0.150. The van der Waals surface area contributed by atoms with E-state index >= 15 is 0 Å². The molecule has 0 fully saturated rings. The van der Waals surface area contributed by atoms with Gasteiger partial charge in [-0.3, -0.25) is 4.79 Å².